The van der Waals surface area contributed by atoms with Gasteiger partial charge in [-0.1, -0.05) is 58.4 Å². The Morgan fingerprint density at radius 2 is 1.81 bits per heavy atom. The first-order chi connectivity index (χ1) is 17.5. The maximum Gasteiger partial charge on any atom is 0.258 e. The molecule has 0 aromatic heterocycles. The standard InChI is InChI=1S/C32H41NO4/c1-7-31(5)15-18(4)24-23-26(31)27(34)22-21(29(35)33-30(22)36)13-19-8-10-20(11-9-19)37-28(23)25-17(3)12-16(2)14-32(24,25)6/h8-11,15-17,21,23-26,28,34H,7,12-14H2,1-6H3,(H,33,35,36)/b27-22-. The monoisotopic (exact) mass is 503 g/mol. The smallest absolute Gasteiger partial charge is 0.258 e. The van der Waals surface area contributed by atoms with Gasteiger partial charge in [-0.25, -0.2) is 0 Å². The third kappa shape index (κ3) is 3.41. The Morgan fingerprint density at radius 3 is 2.49 bits per heavy atom. The van der Waals surface area contributed by atoms with Gasteiger partial charge in [0.1, 0.15) is 17.6 Å². The molecule has 2 N–H and O–H groups in total. The summed E-state index contributed by atoms with van der Waals surface area (Å²) in [5.74, 6) is 0.915. The van der Waals surface area contributed by atoms with E-state index in [-0.39, 0.29) is 51.9 Å². The van der Waals surface area contributed by atoms with Crippen LogP contribution in [0.5, 0.6) is 5.75 Å². The molecule has 1 aromatic rings. The predicted molar refractivity (Wildman–Crippen MR) is 143 cm³/mol. The number of allylic oxidation sites excluding steroid dienone is 3. The minimum Gasteiger partial charge on any atom is -0.511 e. The Morgan fingerprint density at radius 1 is 1.11 bits per heavy atom. The molecule has 10 unspecified atom stereocenters. The number of benzene rings is 1. The molecule has 3 aliphatic heterocycles. The Bertz CT molecular complexity index is 1210. The molecule has 3 fully saturated rings. The molecule has 5 nitrogen and oxygen atoms in total. The van der Waals surface area contributed by atoms with Gasteiger partial charge < -0.3 is 9.84 Å². The molecule has 198 valence electrons. The van der Waals surface area contributed by atoms with Crippen molar-refractivity contribution in [1.82, 2.24) is 5.32 Å². The minimum absolute atomic E-state index is 0.00783. The van der Waals surface area contributed by atoms with Gasteiger partial charge in [0, 0.05) is 17.8 Å². The fourth-order valence-corrected chi connectivity index (χ4v) is 9.93. The van der Waals surface area contributed by atoms with Gasteiger partial charge in [-0.15, -0.1) is 0 Å². The van der Waals surface area contributed by atoms with Crippen molar-refractivity contribution in [1.29, 1.82) is 0 Å². The second kappa shape index (κ2) is 8.22. The third-order valence-corrected chi connectivity index (χ3v) is 11.0. The van der Waals surface area contributed by atoms with Gasteiger partial charge in [-0.3, -0.25) is 14.9 Å². The summed E-state index contributed by atoms with van der Waals surface area (Å²) in [5.41, 5.74) is 2.28. The number of rotatable bonds is 1. The second-order valence-corrected chi connectivity index (χ2v) is 13.4. The van der Waals surface area contributed by atoms with Crippen molar-refractivity contribution in [2.75, 3.05) is 0 Å². The highest BCUT2D eigenvalue weighted by Gasteiger charge is 2.67. The summed E-state index contributed by atoms with van der Waals surface area (Å²) < 4.78 is 7.01. The molecule has 10 atom stereocenters. The Hall–Kier alpha value is -2.56. The lowest BCUT2D eigenvalue weighted by molar-refractivity contribution is -0.125. The molecule has 1 aromatic carbocycles. The lowest BCUT2D eigenvalue weighted by Gasteiger charge is -2.50. The van der Waals surface area contributed by atoms with E-state index in [0.29, 0.717) is 24.2 Å². The zero-order valence-electron chi connectivity index (χ0n) is 23.0. The highest BCUT2D eigenvalue weighted by molar-refractivity contribution is 6.15. The molecule has 7 rings (SSSR count). The zero-order chi connectivity index (χ0) is 26.4. The van der Waals surface area contributed by atoms with Crippen molar-refractivity contribution in [3.8, 4) is 5.75 Å². The largest absolute Gasteiger partial charge is 0.511 e. The van der Waals surface area contributed by atoms with Crippen molar-refractivity contribution in [2.45, 2.75) is 73.3 Å². The molecule has 3 aliphatic carbocycles. The average Bonchev–Trinajstić information content (AvgIpc) is 3.23. The van der Waals surface area contributed by atoms with Gasteiger partial charge >= 0.3 is 0 Å². The van der Waals surface area contributed by atoms with Crippen molar-refractivity contribution < 1.29 is 19.4 Å². The van der Waals surface area contributed by atoms with Gasteiger partial charge in [-0.2, -0.15) is 0 Å². The number of aliphatic hydroxyl groups excluding tert-OH is 1. The quantitative estimate of drug-likeness (QED) is 0.364. The average molecular weight is 504 g/mol. The topological polar surface area (TPSA) is 75.6 Å². The summed E-state index contributed by atoms with van der Waals surface area (Å²) >= 11 is 0. The fourth-order valence-electron chi connectivity index (χ4n) is 9.93. The molecule has 37 heavy (non-hydrogen) atoms. The van der Waals surface area contributed by atoms with E-state index in [0.717, 1.165) is 24.2 Å². The number of amides is 2. The zero-order valence-corrected chi connectivity index (χ0v) is 23.0. The number of hydrogen-bond donors (Lipinski definition) is 2. The van der Waals surface area contributed by atoms with Gasteiger partial charge in [0.25, 0.3) is 5.91 Å². The third-order valence-electron chi connectivity index (χ3n) is 11.0. The normalized spacial score (nSPS) is 46.6. The number of aliphatic hydroxyl groups is 1. The molecule has 0 radical (unpaired) electrons. The van der Waals surface area contributed by atoms with Crippen LogP contribution in [0.4, 0.5) is 0 Å². The molecule has 6 aliphatic rings. The van der Waals surface area contributed by atoms with E-state index in [4.69, 9.17) is 4.74 Å². The summed E-state index contributed by atoms with van der Waals surface area (Å²) in [4.78, 5) is 26.2. The van der Waals surface area contributed by atoms with Crippen LogP contribution in [0.2, 0.25) is 0 Å². The van der Waals surface area contributed by atoms with E-state index in [9.17, 15) is 14.7 Å². The number of imide groups is 1. The predicted octanol–water partition coefficient (Wildman–Crippen LogP) is 6.00. The van der Waals surface area contributed by atoms with Crippen LogP contribution >= 0.6 is 0 Å². The molecular formula is C32H41NO4. The number of carbonyl (C=O) groups is 2. The van der Waals surface area contributed by atoms with Crippen LogP contribution in [0, 0.1) is 52.3 Å². The first-order valence-corrected chi connectivity index (χ1v) is 14.2. The Kier molecular flexibility index (Phi) is 5.50. The highest BCUT2D eigenvalue weighted by Crippen LogP contribution is 2.69. The molecule has 0 spiro atoms. The van der Waals surface area contributed by atoms with Gasteiger partial charge in [0.15, 0.2) is 0 Å². The van der Waals surface area contributed by atoms with Crippen LogP contribution in [0.25, 0.3) is 0 Å². The van der Waals surface area contributed by atoms with E-state index in [2.05, 4.69) is 52.9 Å². The lowest BCUT2D eigenvalue weighted by atomic mass is 9.53. The van der Waals surface area contributed by atoms with Crippen LogP contribution in [-0.4, -0.2) is 23.0 Å². The molecular weight excluding hydrogens is 462 g/mol. The fraction of sp³-hybridized carbons (Fsp3) is 0.625. The van der Waals surface area contributed by atoms with E-state index in [1.54, 1.807) is 0 Å². The highest BCUT2D eigenvalue weighted by atomic mass is 16.5. The molecule has 2 bridgehead atoms. The molecule has 1 saturated heterocycles. The molecule has 2 amide bonds. The lowest BCUT2D eigenvalue weighted by Crippen LogP contribution is -2.46. The van der Waals surface area contributed by atoms with Crippen molar-refractivity contribution in [2.24, 2.45) is 52.3 Å². The Balaban J connectivity index is 1.65. The van der Waals surface area contributed by atoms with Crippen LogP contribution < -0.4 is 10.1 Å². The van der Waals surface area contributed by atoms with Gasteiger partial charge in [-0.05, 0) is 78.9 Å². The molecule has 3 heterocycles. The number of nitrogens with one attached hydrogen (secondary N) is 1. The van der Waals surface area contributed by atoms with Crippen molar-refractivity contribution >= 4 is 11.8 Å². The van der Waals surface area contributed by atoms with E-state index >= 15 is 0 Å². The first kappa shape index (κ1) is 24.8. The van der Waals surface area contributed by atoms with Crippen molar-refractivity contribution in [3.63, 3.8) is 0 Å². The number of ether oxygens (including phenoxy) is 1. The number of fused-ring (bicyclic) bond motifs is 4. The SMILES string of the molecule is CCC1(C)C=C(C)C2C3C(Oc4ccc(cc4)CC4C(=O)NC(=O)/C4=C(\O)C31)C1C(C)CC(C)CC21C. The van der Waals surface area contributed by atoms with Crippen LogP contribution in [-0.2, 0) is 16.0 Å². The first-order valence-electron chi connectivity index (χ1n) is 14.2. The van der Waals surface area contributed by atoms with Crippen LogP contribution in [0.1, 0.15) is 66.4 Å². The molecule has 2 saturated carbocycles. The van der Waals surface area contributed by atoms with Crippen molar-refractivity contribution in [3.05, 3.63) is 52.8 Å². The Labute approximate surface area is 220 Å². The second-order valence-electron chi connectivity index (χ2n) is 13.4. The van der Waals surface area contributed by atoms with E-state index in [1.165, 1.54) is 12.0 Å². The van der Waals surface area contributed by atoms with Gasteiger partial charge in [0.05, 0.1) is 11.5 Å². The van der Waals surface area contributed by atoms with Crippen LogP contribution in [0.3, 0.4) is 0 Å². The maximum absolute atomic E-state index is 13.2. The minimum atomic E-state index is -0.679. The van der Waals surface area contributed by atoms with E-state index in [1.807, 2.05) is 24.3 Å². The summed E-state index contributed by atoms with van der Waals surface area (Å²) in [5, 5.41) is 14.7. The number of hydrogen-bond acceptors (Lipinski definition) is 4. The maximum atomic E-state index is 13.2. The summed E-state index contributed by atoms with van der Waals surface area (Å²) in [7, 11) is 0. The van der Waals surface area contributed by atoms with Gasteiger partial charge in [0.2, 0.25) is 5.91 Å². The van der Waals surface area contributed by atoms with Crippen LogP contribution in [0.15, 0.2) is 47.2 Å². The van der Waals surface area contributed by atoms with E-state index < -0.39 is 11.8 Å². The summed E-state index contributed by atoms with van der Waals surface area (Å²) in [6, 6.07) is 8.04. The summed E-state index contributed by atoms with van der Waals surface area (Å²) in [6.45, 7) is 13.9. The number of carbonyl (C=O) groups excluding carboxylic acids is 2. The molecule has 5 heteroatoms. The summed E-state index contributed by atoms with van der Waals surface area (Å²) in [6.07, 6.45) is 5.79.